The van der Waals surface area contributed by atoms with Gasteiger partial charge >= 0.3 is 0 Å². The van der Waals surface area contributed by atoms with E-state index in [0.717, 1.165) is 5.75 Å². The summed E-state index contributed by atoms with van der Waals surface area (Å²) < 4.78 is 10.6. The van der Waals surface area contributed by atoms with Crippen LogP contribution in [-0.4, -0.2) is 24.4 Å². The summed E-state index contributed by atoms with van der Waals surface area (Å²) in [6, 6.07) is 7.36. The topological polar surface area (TPSA) is 38.7 Å². The highest BCUT2D eigenvalue weighted by molar-refractivity contribution is 5.32. The molecule has 1 atom stereocenters. The van der Waals surface area contributed by atoms with Gasteiger partial charge in [0, 0.05) is 6.07 Å². The van der Waals surface area contributed by atoms with Gasteiger partial charge in [0.15, 0.2) is 0 Å². The lowest BCUT2D eigenvalue weighted by atomic mass is 9.94. The van der Waals surface area contributed by atoms with E-state index in [9.17, 15) is 5.11 Å². The molecule has 0 bridgehead atoms. The molecule has 1 N–H and O–H groups in total. The summed E-state index contributed by atoms with van der Waals surface area (Å²) >= 11 is 0. The molecule has 90 valence electrons. The molecule has 3 heteroatoms. The summed E-state index contributed by atoms with van der Waals surface area (Å²) in [5, 5.41) is 10.0. The highest BCUT2D eigenvalue weighted by atomic mass is 16.5. The minimum atomic E-state index is -0.816. The highest BCUT2D eigenvalue weighted by Crippen LogP contribution is 2.22. The molecule has 0 radical (unpaired) electrons. The van der Waals surface area contributed by atoms with Crippen molar-refractivity contribution >= 4 is 0 Å². The molecule has 0 spiro atoms. The Morgan fingerprint density at radius 3 is 2.50 bits per heavy atom. The largest absolute Gasteiger partial charge is 0.497 e. The molecule has 0 aliphatic rings. The van der Waals surface area contributed by atoms with Gasteiger partial charge in [0.1, 0.15) is 18.1 Å². The maximum atomic E-state index is 10.0. The zero-order valence-electron chi connectivity index (χ0n) is 10.4. The van der Waals surface area contributed by atoms with E-state index in [-0.39, 0.29) is 12.5 Å². The Kier molecular flexibility index (Phi) is 4.19. The van der Waals surface area contributed by atoms with Crippen LogP contribution in [0.5, 0.6) is 11.5 Å². The molecule has 0 saturated carbocycles. The van der Waals surface area contributed by atoms with Gasteiger partial charge in [0.25, 0.3) is 0 Å². The molecule has 0 aliphatic heterocycles. The average Bonchev–Trinajstić information content (AvgIpc) is 2.26. The van der Waals surface area contributed by atoms with Crippen molar-refractivity contribution in [1.82, 2.24) is 0 Å². The molecular weight excluding hydrogens is 204 g/mol. The summed E-state index contributed by atoms with van der Waals surface area (Å²) in [5.74, 6) is 1.61. The van der Waals surface area contributed by atoms with E-state index in [1.54, 1.807) is 20.1 Å². The van der Waals surface area contributed by atoms with Crippen molar-refractivity contribution in [3.63, 3.8) is 0 Å². The van der Waals surface area contributed by atoms with Gasteiger partial charge in [-0.05, 0) is 25.0 Å². The number of methoxy groups -OCH3 is 1. The van der Waals surface area contributed by atoms with Crippen LogP contribution in [-0.2, 0) is 0 Å². The summed E-state index contributed by atoms with van der Waals surface area (Å²) in [5.41, 5.74) is -0.816. The van der Waals surface area contributed by atoms with E-state index < -0.39 is 5.60 Å². The molecule has 0 amide bonds. The zero-order valence-corrected chi connectivity index (χ0v) is 10.4. The Labute approximate surface area is 97.0 Å². The van der Waals surface area contributed by atoms with Crippen LogP contribution in [0.3, 0.4) is 0 Å². The van der Waals surface area contributed by atoms with Gasteiger partial charge in [-0.1, -0.05) is 19.9 Å². The van der Waals surface area contributed by atoms with Gasteiger partial charge in [-0.15, -0.1) is 0 Å². The standard InChI is InChI=1S/C13H20O3/c1-10(2)13(3,14)9-16-12-7-5-6-11(8-12)15-4/h5-8,10,14H,9H2,1-4H3. The van der Waals surface area contributed by atoms with E-state index in [4.69, 9.17) is 9.47 Å². The average molecular weight is 224 g/mol. The first kappa shape index (κ1) is 12.8. The summed E-state index contributed by atoms with van der Waals surface area (Å²) in [6.45, 7) is 5.99. The Balaban J connectivity index is 2.60. The van der Waals surface area contributed by atoms with Crippen LogP contribution in [0, 0.1) is 5.92 Å². The lowest BCUT2D eigenvalue weighted by Gasteiger charge is -2.27. The Hall–Kier alpha value is -1.22. The number of aliphatic hydroxyl groups is 1. The fraction of sp³-hybridized carbons (Fsp3) is 0.538. The SMILES string of the molecule is COc1cccc(OCC(C)(O)C(C)C)c1. The molecule has 0 saturated heterocycles. The van der Waals surface area contributed by atoms with Crippen molar-refractivity contribution in [3.8, 4) is 11.5 Å². The predicted octanol–water partition coefficient (Wildman–Crippen LogP) is 2.48. The number of rotatable bonds is 5. The van der Waals surface area contributed by atoms with E-state index in [1.165, 1.54) is 0 Å². The number of hydrogen-bond acceptors (Lipinski definition) is 3. The first-order chi connectivity index (χ1) is 7.45. The molecule has 0 aliphatic carbocycles. The Bertz CT molecular complexity index is 332. The van der Waals surface area contributed by atoms with E-state index in [2.05, 4.69) is 0 Å². The third-order valence-electron chi connectivity index (χ3n) is 2.82. The minimum absolute atomic E-state index is 0.151. The lowest BCUT2D eigenvalue weighted by molar-refractivity contribution is -0.0266. The number of ether oxygens (including phenoxy) is 2. The second-order valence-corrected chi connectivity index (χ2v) is 4.48. The molecule has 0 heterocycles. The molecule has 1 aromatic rings. The van der Waals surface area contributed by atoms with Crippen LogP contribution in [0.15, 0.2) is 24.3 Å². The van der Waals surface area contributed by atoms with Crippen molar-refractivity contribution in [3.05, 3.63) is 24.3 Å². The van der Waals surface area contributed by atoms with Crippen LogP contribution in [0.1, 0.15) is 20.8 Å². The van der Waals surface area contributed by atoms with Gasteiger partial charge in [-0.3, -0.25) is 0 Å². The molecule has 1 unspecified atom stereocenters. The first-order valence-corrected chi connectivity index (χ1v) is 5.45. The van der Waals surface area contributed by atoms with Crippen molar-refractivity contribution in [1.29, 1.82) is 0 Å². The Morgan fingerprint density at radius 2 is 1.94 bits per heavy atom. The first-order valence-electron chi connectivity index (χ1n) is 5.45. The van der Waals surface area contributed by atoms with Crippen LogP contribution in [0.2, 0.25) is 0 Å². The van der Waals surface area contributed by atoms with E-state index in [0.29, 0.717) is 5.75 Å². The van der Waals surface area contributed by atoms with Crippen LogP contribution >= 0.6 is 0 Å². The zero-order chi connectivity index (χ0) is 12.2. The molecular formula is C13H20O3. The highest BCUT2D eigenvalue weighted by Gasteiger charge is 2.25. The van der Waals surface area contributed by atoms with Gasteiger partial charge in [-0.25, -0.2) is 0 Å². The fourth-order valence-electron chi connectivity index (χ4n) is 1.09. The Morgan fingerprint density at radius 1 is 1.31 bits per heavy atom. The molecule has 0 fully saturated rings. The molecule has 1 aromatic carbocycles. The van der Waals surface area contributed by atoms with Crippen molar-refractivity contribution in [2.45, 2.75) is 26.4 Å². The lowest BCUT2D eigenvalue weighted by Crippen LogP contribution is -2.37. The maximum absolute atomic E-state index is 10.0. The number of hydrogen-bond donors (Lipinski definition) is 1. The normalized spacial score (nSPS) is 14.6. The molecule has 0 aromatic heterocycles. The second kappa shape index (κ2) is 5.21. The van der Waals surface area contributed by atoms with Gasteiger partial charge in [0.2, 0.25) is 0 Å². The monoisotopic (exact) mass is 224 g/mol. The van der Waals surface area contributed by atoms with Gasteiger partial charge < -0.3 is 14.6 Å². The quantitative estimate of drug-likeness (QED) is 0.835. The minimum Gasteiger partial charge on any atom is -0.497 e. The van der Waals surface area contributed by atoms with Crippen molar-refractivity contribution < 1.29 is 14.6 Å². The molecule has 1 rings (SSSR count). The fourth-order valence-corrected chi connectivity index (χ4v) is 1.09. The van der Waals surface area contributed by atoms with Crippen molar-refractivity contribution in [2.75, 3.05) is 13.7 Å². The third kappa shape index (κ3) is 3.42. The van der Waals surface area contributed by atoms with Gasteiger partial charge in [0.05, 0.1) is 12.7 Å². The smallest absolute Gasteiger partial charge is 0.123 e. The molecule has 3 nitrogen and oxygen atoms in total. The van der Waals surface area contributed by atoms with Crippen molar-refractivity contribution in [2.24, 2.45) is 5.92 Å². The van der Waals surface area contributed by atoms with Gasteiger partial charge in [-0.2, -0.15) is 0 Å². The third-order valence-corrected chi connectivity index (χ3v) is 2.82. The summed E-state index contributed by atoms with van der Waals surface area (Å²) in [7, 11) is 1.61. The van der Waals surface area contributed by atoms with Crippen LogP contribution in [0.25, 0.3) is 0 Å². The van der Waals surface area contributed by atoms with Crippen LogP contribution < -0.4 is 9.47 Å². The second-order valence-electron chi connectivity index (χ2n) is 4.48. The summed E-state index contributed by atoms with van der Waals surface area (Å²) in [6.07, 6.45) is 0. The number of benzene rings is 1. The van der Waals surface area contributed by atoms with Crippen LogP contribution in [0.4, 0.5) is 0 Å². The predicted molar refractivity (Wildman–Crippen MR) is 64.0 cm³/mol. The molecule has 16 heavy (non-hydrogen) atoms. The summed E-state index contributed by atoms with van der Waals surface area (Å²) in [4.78, 5) is 0. The maximum Gasteiger partial charge on any atom is 0.123 e. The van der Waals surface area contributed by atoms with E-state index >= 15 is 0 Å². The van der Waals surface area contributed by atoms with E-state index in [1.807, 2.05) is 32.0 Å².